The Morgan fingerprint density at radius 3 is 2.86 bits per heavy atom. The predicted molar refractivity (Wildman–Crippen MR) is 52.6 cm³/mol. The third-order valence-electron chi connectivity index (χ3n) is 1.93. The number of halogens is 1. The van der Waals surface area contributed by atoms with Crippen molar-refractivity contribution in [1.29, 1.82) is 0 Å². The summed E-state index contributed by atoms with van der Waals surface area (Å²) in [5.74, 6) is 0. The Morgan fingerprint density at radius 1 is 1.43 bits per heavy atom. The minimum Gasteiger partial charge on any atom is -0.304 e. The Labute approximate surface area is 83.0 Å². The molecule has 6 heteroatoms. The number of rotatable bonds is 0. The maximum absolute atomic E-state index is 11.2. The van der Waals surface area contributed by atoms with Crippen molar-refractivity contribution in [2.45, 2.75) is 0 Å². The number of fused-ring (bicyclic) bond motifs is 1. The highest BCUT2D eigenvalue weighted by Crippen LogP contribution is 2.09. The van der Waals surface area contributed by atoms with Gasteiger partial charge in [0, 0.05) is 7.05 Å². The molecule has 1 N–H and O–H groups in total. The molecule has 0 spiro atoms. The number of aromatic amines is 1. The molecule has 0 radical (unpaired) electrons. The Bertz CT molecular complexity index is 614. The molecule has 0 unspecified atom stereocenters. The first-order chi connectivity index (χ1) is 6.59. The molecule has 14 heavy (non-hydrogen) atoms. The van der Waals surface area contributed by atoms with Gasteiger partial charge in [0.25, 0.3) is 0 Å². The van der Waals surface area contributed by atoms with E-state index in [1.165, 1.54) is 11.6 Å². The van der Waals surface area contributed by atoms with Crippen LogP contribution in [-0.2, 0) is 7.05 Å². The first kappa shape index (κ1) is 8.96. The SMILES string of the molecule is Cn1c(=O)c(=O)[nH]c2nc(Cl)ccc21. The van der Waals surface area contributed by atoms with Crippen LogP contribution >= 0.6 is 11.6 Å². The number of hydrogen-bond donors (Lipinski definition) is 1. The summed E-state index contributed by atoms with van der Waals surface area (Å²) in [7, 11) is 1.51. The van der Waals surface area contributed by atoms with Crippen LogP contribution in [0.25, 0.3) is 11.2 Å². The van der Waals surface area contributed by atoms with Gasteiger partial charge in [-0.25, -0.2) is 4.98 Å². The van der Waals surface area contributed by atoms with Gasteiger partial charge < -0.3 is 9.55 Å². The number of H-pyrrole nitrogens is 1. The highest BCUT2D eigenvalue weighted by Gasteiger charge is 2.04. The van der Waals surface area contributed by atoms with E-state index in [0.29, 0.717) is 11.2 Å². The van der Waals surface area contributed by atoms with E-state index in [-0.39, 0.29) is 5.15 Å². The Morgan fingerprint density at radius 2 is 2.14 bits per heavy atom. The van der Waals surface area contributed by atoms with Crippen LogP contribution in [0.3, 0.4) is 0 Å². The van der Waals surface area contributed by atoms with Gasteiger partial charge in [0.1, 0.15) is 5.15 Å². The lowest BCUT2D eigenvalue weighted by Gasteiger charge is -2.02. The fraction of sp³-hybridized carbons (Fsp3) is 0.125. The fourth-order valence-electron chi connectivity index (χ4n) is 1.21. The second-order valence-electron chi connectivity index (χ2n) is 2.82. The maximum Gasteiger partial charge on any atom is 0.316 e. The van der Waals surface area contributed by atoms with Crippen LogP contribution < -0.4 is 11.1 Å². The van der Waals surface area contributed by atoms with Gasteiger partial charge in [-0.1, -0.05) is 11.6 Å². The zero-order valence-electron chi connectivity index (χ0n) is 7.24. The van der Waals surface area contributed by atoms with Crippen molar-refractivity contribution >= 4 is 22.8 Å². The molecule has 0 saturated carbocycles. The van der Waals surface area contributed by atoms with Crippen molar-refractivity contribution in [3.63, 3.8) is 0 Å². The van der Waals surface area contributed by atoms with Crippen LogP contribution in [0.1, 0.15) is 0 Å². The topological polar surface area (TPSA) is 67.8 Å². The molecule has 2 rings (SSSR count). The predicted octanol–water partition coefficient (Wildman–Crippen LogP) is 0.275. The highest BCUT2D eigenvalue weighted by molar-refractivity contribution is 6.29. The van der Waals surface area contributed by atoms with Crippen LogP contribution in [0.4, 0.5) is 0 Å². The zero-order valence-corrected chi connectivity index (χ0v) is 8.00. The Hall–Kier alpha value is -1.62. The molecule has 0 bridgehead atoms. The summed E-state index contributed by atoms with van der Waals surface area (Å²) in [5, 5.41) is 0.270. The van der Waals surface area contributed by atoms with Crippen molar-refractivity contribution in [2.75, 3.05) is 0 Å². The number of hydrogen-bond acceptors (Lipinski definition) is 3. The first-order valence-electron chi connectivity index (χ1n) is 3.85. The molecule has 0 aliphatic heterocycles. The third kappa shape index (κ3) is 1.22. The standard InChI is InChI=1S/C8H6ClN3O2/c1-12-4-2-3-5(9)10-6(4)11-7(13)8(12)14/h2-3H,1H3,(H,10,11,13). The van der Waals surface area contributed by atoms with Gasteiger partial charge in [-0.3, -0.25) is 9.59 Å². The largest absolute Gasteiger partial charge is 0.316 e. The van der Waals surface area contributed by atoms with E-state index in [0.717, 1.165) is 0 Å². The molecule has 0 saturated heterocycles. The second kappa shape index (κ2) is 2.95. The fourth-order valence-corrected chi connectivity index (χ4v) is 1.36. The van der Waals surface area contributed by atoms with Crippen LogP contribution in [-0.4, -0.2) is 14.5 Å². The van der Waals surface area contributed by atoms with Crippen LogP contribution in [0.15, 0.2) is 21.7 Å². The molecule has 0 atom stereocenters. The number of aromatic nitrogens is 3. The lowest BCUT2D eigenvalue weighted by molar-refractivity contribution is 0.868. The summed E-state index contributed by atoms with van der Waals surface area (Å²) >= 11 is 5.64. The third-order valence-corrected chi connectivity index (χ3v) is 2.14. The zero-order chi connectivity index (χ0) is 10.3. The highest BCUT2D eigenvalue weighted by atomic mass is 35.5. The van der Waals surface area contributed by atoms with Crippen molar-refractivity contribution in [3.05, 3.63) is 38.0 Å². The number of pyridine rings is 1. The summed E-state index contributed by atoms with van der Waals surface area (Å²) in [4.78, 5) is 28.6. The molecule has 2 aromatic rings. The summed E-state index contributed by atoms with van der Waals surface area (Å²) in [6.45, 7) is 0. The number of aryl methyl sites for hydroxylation is 1. The quantitative estimate of drug-likeness (QED) is 0.503. The minimum absolute atomic E-state index is 0.270. The monoisotopic (exact) mass is 211 g/mol. The summed E-state index contributed by atoms with van der Waals surface area (Å²) in [6, 6.07) is 3.18. The van der Waals surface area contributed by atoms with Crippen molar-refractivity contribution in [2.24, 2.45) is 7.05 Å². The van der Waals surface area contributed by atoms with Gasteiger partial charge in [0.05, 0.1) is 5.52 Å². The lowest BCUT2D eigenvalue weighted by Crippen LogP contribution is -2.35. The Kier molecular flexibility index (Phi) is 1.89. The van der Waals surface area contributed by atoms with Gasteiger partial charge in [-0.2, -0.15) is 0 Å². The Balaban J connectivity index is 3.06. The molecule has 0 amide bonds. The molecule has 2 aromatic heterocycles. The van der Waals surface area contributed by atoms with E-state index >= 15 is 0 Å². The van der Waals surface area contributed by atoms with Crippen LogP contribution in [0, 0.1) is 0 Å². The average molecular weight is 212 g/mol. The van der Waals surface area contributed by atoms with E-state index < -0.39 is 11.1 Å². The van der Waals surface area contributed by atoms with E-state index in [4.69, 9.17) is 11.6 Å². The number of nitrogens with zero attached hydrogens (tertiary/aromatic N) is 2. The van der Waals surface area contributed by atoms with E-state index in [1.54, 1.807) is 12.1 Å². The normalized spacial score (nSPS) is 10.7. The van der Waals surface area contributed by atoms with Gasteiger partial charge in [0.2, 0.25) is 0 Å². The average Bonchev–Trinajstić information content (AvgIpc) is 2.14. The van der Waals surface area contributed by atoms with Crippen LogP contribution in [0.2, 0.25) is 5.15 Å². The maximum atomic E-state index is 11.2. The molecular formula is C8H6ClN3O2. The van der Waals surface area contributed by atoms with Gasteiger partial charge in [0.15, 0.2) is 5.65 Å². The summed E-state index contributed by atoms with van der Waals surface area (Å²) in [5.41, 5.74) is -0.458. The molecular weight excluding hydrogens is 206 g/mol. The first-order valence-corrected chi connectivity index (χ1v) is 4.23. The van der Waals surface area contributed by atoms with E-state index in [1.807, 2.05) is 0 Å². The molecule has 0 fully saturated rings. The van der Waals surface area contributed by atoms with Crippen molar-refractivity contribution in [3.8, 4) is 0 Å². The van der Waals surface area contributed by atoms with Gasteiger partial charge >= 0.3 is 11.1 Å². The number of nitrogens with one attached hydrogen (secondary N) is 1. The molecule has 0 aromatic carbocycles. The molecule has 5 nitrogen and oxygen atoms in total. The van der Waals surface area contributed by atoms with Crippen molar-refractivity contribution < 1.29 is 0 Å². The van der Waals surface area contributed by atoms with E-state index in [9.17, 15) is 9.59 Å². The van der Waals surface area contributed by atoms with Crippen molar-refractivity contribution in [1.82, 2.24) is 14.5 Å². The van der Waals surface area contributed by atoms with Gasteiger partial charge in [-0.05, 0) is 12.1 Å². The molecule has 2 heterocycles. The minimum atomic E-state index is -0.699. The lowest BCUT2D eigenvalue weighted by atomic mass is 10.4. The molecule has 72 valence electrons. The van der Waals surface area contributed by atoms with Crippen LogP contribution in [0.5, 0.6) is 0 Å². The summed E-state index contributed by atoms with van der Waals surface area (Å²) < 4.78 is 1.23. The van der Waals surface area contributed by atoms with Gasteiger partial charge in [-0.15, -0.1) is 0 Å². The van der Waals surface area contributed by atoms with E-state index in [2.05, 4.69) is 9.97 Å². The molecule has 0 aliphatic carbocycles. The summed E-state index contributed by atoms with van der Waals surface area (Å²) in [6.07, 6.45) is 0. The second-order valence-corrected chi connectivity index (χ2v) is 3.21. The smallest absolute Gasteiger partial charge is 0.304 e. The molecule has 0 aliphatic rings.